The Morgan fingerprint density at radius 1 is 1.15 bits per heavy atom. The monoisotopic (exact) mass is 356 g/mol. The molecule has 0 spiro atoms. The highest BCUT2D eigenvalue weighted by atomic mass is 16.6. The van der Waals surface area contributed by atoms with Crippen LogP contribution in [0.5, 0.6) is 0 Å². The van der Waals surface area contributed by atoms with E-state index in [-0.39, 0.29) is 24.1 Å². The number of nitro benzene ring substituents is 1. The largest absolute Gasteiger partial charge is 0.481 e. The topological polar surface area (TPSA) is 110 Å². The zero-order chi connectivity index (χ0) is 19.1. The van der Waals surface area contributed by atoms with E-state index >= 15 is 0 Å². The van der Waals surface area contributed by atoms with Crippen molar-refractivity contribution < 1.29 is 19.6 Å². The lowest BCUT2D eigenvalue weighted by Crippen LogP contribution is -2.37. The third-order valence-electron chi connectivity index (χ3n) is 4.04. The Balaban J connectivity index is 2.23. The first-order valence-corrected chi connectivity index (χ1v) is 8.19. The number of rotatable bonds is 8. The third-order valence-corrected chi connectivity index (χ3v) is 4.04. The van der Waals surface area contributed by atoms with Crippen LogP contribution in [0.25, 0.3) is 0 Å². The predicted molar refractivity (Wildman–Crippen MR) is 96.1 cm³/mol. The van der Waals surface area contributed by atoms with E-state index in [0.717, 1.165) is 5.56 Å². The fraction of sp³-hybridized carbons (Fsp3) is 0.263. The molecule has 7 nitrogen and oxygen atoms in total. The summed E-state index contributed by atoms with van der Waals surface area (Å²) in [5, 5.41) is 22.9. The van der Waals surface area contributed by atoms with Gasteiger partial charge in [-0.3, -0.25) is 19.7 Å². The molecule has 0 radical (unpaired) electrons. The molecule has 0 saturated carbocycles. The van der Waals surface area contributed by atoms with Crippen molar-refractivity contribution in [3.63, 3.8) is 0 Å². The summed E-state index contributed by atoms with van der Waals surface area (Å²) >= 11 is 0. The van der Waals surface area contributed by atoms with Crippen molar-refractivity contribution in [1.82, 2.24) is 5.32 Å². The van der Waals surface area contributed by atoms with Crippen LogP contribution >= 0.6 is 0 Å². The van der Waals surface area contributed by atoms with E-state index in [2.05, 4.69) is 5.32 Å². The van der Waals surface area contributed by atoms with Gasteiger partial charge in [0.2, 0.25) is 0 Å². The van der Waals surface area contributed by atoms with Gasteiger partial charge < -0.3 is 10.4 Å². The highest BCUT2D eigenvalue weighted by Gasteiger charge is 2.24. The second kappa shape index (κ2) is 8.75. The van der Waals surface area contributed by atoms with Crippen LogP contribution in [0.15, 0.2) is 48.5 Å². The molecule has 2 aromatic carbocycles. The van der Waals surface area contributed by atoms with E-state index in [1.165, 1.54) is 12.1 Å². The van der Waals surface area contributed by atoms with Crippen LogP contribution in [0, 0.1) is 17.0 Å². The van der Waals surface area contributed by atoms with Gasteiger partial charge in [0.15, 0.2) is 0 Å². The van der Waals surface area contributed by atoms with E-state index in [1.54, 1.807) is 13.0 Å². The van der Waals surface area contributed by atoms with E-state index in [9.17, 15) is 19.7 Å². The van der Waals surface area contributed by atoms with Gasteiger partial charge in [-0.05, 0) is 30.9 Å². The van der Waals surface area contributed by atoms with Gasteiger partial charge in [-0.1, -0.05) is 42.5 Å². The first-order valence-electron chi connectivity index (χ1n) is 8.19. The van der Waals surface area contributed by atoms with Gasteiger partial charge in [0.25, 0.3) is 11.6 Å². The van der Waals surface area contributed by atoms with Crippen LogP contribution in [0.4, 0.5) is 5.69 Å². The molecular weight excluding hydrogens is 336 g/mol. The third kappa shape index (κ3) is 5.14. The Morgan fingerprint density at radius 2 is 1.85 bits per heavy atom. The Bertz CT molecular complexity index is 805. The molecule has 0 fully saturated rings. The molecule has 2 aromatic rings. The van der Waals surface area contributed by atoms with Gasteiger partial charge in [-0.25, -0.2) is 0 Å². The van der Waals surface area contributed by atoms with Crippen molar-refractivity contribution in [2.75, 3.05) is 0 Å². The lowest BCUT2D eigenvalue weighted by Gasteiger charge is -2.19. The minimum Gasteiger partial charge on any atom is -0.481 e. The maximum atomic E-state index is 12.7. The van der Waals surface area contributed by atoms with Crippen LogP contribution < -0.4 is 5.32 Å². The number of carbonyl (C=O) groups is 2. The van der Waals surface area contributed by atoms with Crippen molar-refractivity contribution in [3.8, 4) is 0 Å². The number of aliphatic carboxylic acids is 1. The highest BCUT2D eigenvalue weighted by Crippen LogP contribution is 2.22. The number of carbonyl (C=O) groups excluding carboxylic acids is 1. The summed E-state index contributed by atoms with van der Waals surface area (Å²) in [6.07, 6.45) is 0.572. The molecule has 1 unspecified atom stereocenters. The van der Waals surface area contributed by atoms with Crippen LogP contribution in [0.1, 0.15) is 34.3 Å². The van der Waals surface area contributed by atoms with Crippen molar-refractivity contribution >= 4 is 17.6 Å². The maximum absolute atomic E-state index is 12.7. The fourth-order valence-electron chi connectivity index (χ4n) is 2.78. The Labute approximate surface area is 150 Å². The number of benzene rings is 2. The van der Waals surface area contributed by atoms with Crippen LogP contribution in [0.2, 0.25) is 0 Å². The van der Waals surface area contributed by atoms with Crippen LogP contribution in [0.3, 0.4) is 0 Å². The second-order valence-electron chi connectivity index (χ2n) is 6.02. The Hall–Kier alpha value is -3.22. The van der Waals surface area contributed by atoms with Gasteiger partial charge in [0, 0.05) is 18.5 Å². The summed E-state index contributed by atoms with van der Waals surface area (Å²) < 4.78 is 0. The first-order chi connectivity index (χ1) is 12.4. The van der Waals surface area contributed by atoms with E-state index in [4.69, 9.17) is 5.11 Å². The summed E-state index contributed by atoms with van der Waals surface area (Å²) in [6.45, 7) is 1.63. The smallest absolute Gasteiger partial charge is 0.303 e. The molecule has 0 aliphatic carbocycles. The average molecular weight is 356 g/mol. The van der Waals surface area contributed by atoms with Gasteiger partial charge in [-0.2, -0.15) is 0 Å². The number of carboxylic acids is 1. The molecule has 2 rings (SSSR count). The minimum atomic E-state index is -0.959. The molecule has 1 atom stereocenters. The molecule has 0 saturated heterocycles. The molecule has 0 aliphatic rings. The number of amides is 1. The molecule has 26 heavy (non-hydrogen) atoms. The zero-order valence-corrected chi connectivity index (χ0v) is 14.3. The molecule has 2 N–H and O–H groups in total. The van der Waals surface area contributed by atoms with Crippen LogP contribution in [-0.2, 0) is 11.2 Å². The Kier molecular flexibility index (Phi) is 6.43. The number of hydrogen-bond acceptors (Lipinski definition) is 4. The van der Waals surface area contributed by atoms with Crippen molar-refractivity contribution in [3.05, 3.63) is 75.3 Å². The molecule has 1 amide bonds. The molecule has 7 heteroatoms. The predicted octanol–water partition coefficient (Wildman–Crippen LogP) is 3.11. The van der Waals surface area contributed by atoms with Gasteiger partial charge in [-0.15, -0.1) is 0 Å². The molecule has 0 aromatic heterocycles. The lowest BCUT2D eigenvalue weighted by molar-refractivity contribution is -0.385. The number of nitrogens with one attached hydrogen (secondary N) is 1. The summed E-state index contributed by atoms with van der Waals surface area (Å²) in [5.41, 5.74) is 1.18. The first kappa shape index (κ1) is 19.1. The molecular formula is C19H20N2O5. The van der Waals surface area contributed by atoms with E-state index < -0.39 is 22.8 Å². The van der Waals surface area contributed by atoms with Gasteiger partial charge in [0.05, 0.1) is 4.92 Å². The second-order valence-corrected chi connectivity index (χ2v) is 6.02. The minimum absolute atomic E-state index is 0.00545. The van der Waals surface area contributed by atoms with E-state index in [1.807, 2.05) is 30.3 Å². The number of nitro groups is 1. The molecule has 0 bridgehead atoms. The number of hydrogen-bond donors (Lipinski definition) is 2. The SMILES string of the molecule is Cc1cccc([N+](=O)[O-])c1C(=O)NC(CCC(=O)O)Cc1ccccc1. The fourth-order valence-corrected chi connectivity index (χ4v) is 2.78. The summed E-state index contributed by atoms with van der Waals surface area (Å²) in [6, 6.07) is 13.3. The molecule has 0 aliphatic heterocycles. The molecule has 0 heterocycles. The van der Waals surface area contributed by atoms with Gasteiger partial charge in [0.1, 0.15) is 5.56 Å². The van der Waals surface area contributed by atoms with Crippen molar-refractivity contribution in [2.24, 2.45) is 0 Å². The summed E-state index contributed by atoms with van der Waals surface area (Å²) in [5.74, 6) is -1.53. The maximum Gasteiger partial charge on any atom is 0.303 e. The average Bonchev–Trinajstić information content (AvgIpc) is 2.60. The Morgan fingerprint density at radius 3 is 2.46 bits per heavy atom. The normalized spacial score (nSPS) is 11.6. The summed E-state index contributed by atoms with van der Waals surface area (Å²) in [7, 11) is 0. The lowest BCUT2D eigenvalue weighted by atomic mass is 10.00. The number of nitrogens with zero attached hydrogens (tertiary/aromatic N) is 1. The standard InChI is InChI=1S/C19H20N2O5/c1-13-6-5-9-16(21(25)26)18(13)19(24)20-15(10-11-17(22)23)12-14-7-3-2-4-8-14/h2-9,15H,10-12H2,1H3,(H,20,24)(H,22,23). The highest BCUT2D eigenvalue weighted by molar-refractivity contribution is 5.99. The quantitative estimate of drug-likeness (QED) is 0.558. The van der Waals surface area contributed by atoms with Gasteiger partial charge >= 0.3 is 5.97 Å². The van der Waals surface area contributed by atoms with Crippen LogP contribution in [-0.4, -0.2) is 27.9 Å². The van der Waals surface area contributed by atoms with Crippen molar-refractivity contribution in [2.45, 2.75) is 32.2 Å². The number of carboxylic acid groups (broad SMARTS) is 1. The number of aryl methyl sites for hydroxylation is 1. The summed E-state index contributed by atoms with van der Waals surface area (Å²) in [4.78, 5) is 34.2. The molecule has 136 valence electrons. The van der Waals surface area contributed by atoms with Crippen molar-refractivity contribution in [1.29, 1.82) is 0 Å². The van der Waals surface area contributed by atoms with E-state index in [0.29, 0.717) is 12.0 Å². The zero-order valence-electron chi connectivity index (χ0n) is 14.3.